The van der Waals surface area contributed by atoms with Gasteiger partial charge in [-0.05, 0) is 41.0 Å². The Morgan fingerprint density at radius 3 is 2.56 bits per heavy atom. The second-order valence-corrected chi connectivity index (χ2v) is 3.63. The average Bonchev–Trinajstić information content (AvgIpc) is 2.26. The molecule has 0 saturated carbocycles. The van der Waals surface area contributed by atoms with Gasteiger partial charge in [-0.2, -0.15) is 0 Å². The Bertz CT molecular complexity index is 617. The summed E-state index contributed by atoms with van der Waals surface area (Å²) in [6, 6.07) is 11.5. The third kappa shape index (κ3) is 2.21. The summed E-state index contributed by atoms with van der Waals surface area (Å²) in [7, 11) is 0. The molecule has 0 aromatic heterocycles. The lowest BCUT2D eigenvalue weighted by Gasteiger charge is -1.99. The third-order valence-electron chi connectivity index (χ3n) is 2.25. The molecule has 2 aromatic rings. The fourth-order valence-corrected chi connectivity index (χ4v) is 1.50. The molecule has 16 heavy (non-hydrogen) atoms. The number of fused-ring (bicyclic) bond motifs is 1. The van der Waals surface area contributed by atoms with E-state index in [1.54, 1.807) is 0 Å². The predicted octanol–water partition coefficient (Wildman–Crippen LogP) is 2.36. The highest BCUT2D eigenvalue weighted by molar-refractivity contribution is 5.94. The standard InChI is InChI=1S/C14H11NO/c1-10(16)2-3-11-4-5-13-9-14(15)7-6-12(13)8-11/h4-9H,15H2,1H3. The van der Waals surface area contributed by atoms with E-state index in [0.717, 1.165) is 22.0 Å². The Balaban J connectivity index is 2.50. The van der Waals surface area contributed by atoms with Gasteiger partial charge in [0.25, 0.3) is 0 Å². The molecular weight excluding hydrogens is 198 g/mol. The zero-order chi connectivity index (χ0) is 11.5. The molecule has 0 aliphatic carbocycles. The number of carbonyl (C=O) groups excluding carboxylic acids is 1. The van der Waals surface area contributed by atoms with Gasteiger partial charge >= 0.3 is 0 Å². The van der Waals surface area contributed by atoms with Crippen molar-refractivity contribution < 1.29 is 4.79 Å². The van der Waals surface area contributed by atoms with E-state index in [0.29, 0.717) is 0 Å². The minimum absolute atomic E-state index is 0.127. The fourth-order valence-electron chi connectivity index (χ4n) is 1.50. The van der Waals surface area contributed by atoms with E-state index in [1.165, 1.54) is 6.92 Å². The summed E-state index contributed by atoms with van der Waals surface area (Å²) in [6.45, 7) is 1.45. The lowest BCUT2D eigenvalue weighted by atomic mass is 10.1. The average molecular weight is 209 g/mol. The summed E-state index contributed by atoms with van der Waals surface area (Å²) in [5.41, 5.74) is 7.27. The van der Waals surface area contributed by atoms with E-state index < -0.39 is 0 Å². The van der Waals surface area contributed by atoms with Crippen LogP contribution in [0.3, 0.4) is 0 Å². The van der Waals surface area contributed by atoms with Crippen LogP contribution in [0, 0.1) is 11.8 Å². The van der Waals surface area contributed by atoms with Gasteiger partial charge in [-0.1, -0.05) is 18.1 Å². The van der Waals surface area contributed by atoms with Crippen molar-refractivity contribution in [1.82, 2.24) is 0 Å². The molecule has 2 N–H and O–H groups in total. The second-order valence-electron chi connectivity index (χ2n) is 3.63. The number of rotatable bonds is 0. The molecule has 2 nitrogen and oxygen atoms in total. The number of hydrogen-bond acceptors (Lipinski definition) is 2. The van der Waals surface area contributed by atoms with E-state index in [9.17, 15) is 4.79 Å². The number of Topliss-reactive ketones (excluding diaryl/α,β-unsaturated/α-hetero) is 1. The summed E-state index contributed by atoms with van der Waals surface area (Å²) < 4.78 is 0. The number of carbonyl (C=O) groups is 1. The summed E-state index contributed by atoms with van der Waals surface area (Å²) >= 11 is 0. The van der Waals surface area contributed by atoms with Gasteiger partial charge in [-0.25, -0.2) is 0 Å². The van der Waals surface area contributed by atoms with Crippen molar-refractivity contribution in [2.75, 3.05) is 5.73 Å². The van der Waals surface area contributed by atoms with Crippen molar-refractivity contribution in [3.05, 3.63) is 42.0 Å². The number of anilines is 1. The smallest absolute Gasteiger partial charge is 0.202 e. The van der Waals surface area contributed by atoms with Crippen molar-refractivity contribution in [3.63, 3.8) is 0 Å². The maximum absolute atomic E-state index is 10.7. The molecule has 0 radical (unpaired) electrons. The Kier molecular flexibility index (Phi) is 2.61. The third-order valence-corrected chi connectivity index (χ3v) is 2.25. The molecular formula is C14H11NO. The SMILES string of the molecule is CC(=O)C#Cc1ccc2cc(N)ccc2c1. The largest absolute Gasteiger partial charge is 0.399 e. The highest BCUT2D eigenvalue weighted by Crippen LogP contribution is 2.18. The van der Waals surface area contributed by atoms with Crippen molar-refractivity contribution in [2.24, 2.45) is 0 Å². The first-order valence-electron chi connectivity index (χ1n) is 4.97. The Morgan fingerprint density at radius 1 is 1.12 bits per heavy atom. The topological polar surface area (TPSA) is 43.1 Å². The molecule has 2 rings (SSSR count). The monoisotopic (exact) mass is 209 g/mol. The number of benzene rings is 2. The second kappa shape index (κ2) is 4.08. The van der Waals surface area contributed by atoms with Crippen molar-refractivity contribution >= 4 is 22.2 Å². The van der Waals surface area contributed by atoms with Crippen LogP contribution < -0.4 is 5.73 Å². The molecule has 0 saturated heterocycles. The van der Waals surface area contributed by atoms with E-state index in [2.05, 4.69) is 11.8 Å². The van der Waals surface area contributed by atoms with Gasteiger partial charge in [0.15, 0.2) is 0 Å². The van der Waals surface area contributed by atoms with E-state index in [4.69, 9.17) is 5.73 Å². The van der Waals surface area contributed by atoms with Crippen LogP contribution in [0.5, 0.6) is 0 Å². The highest BCUT2D eigenvalue weighted by Gasteiger charge is 1.95. The van der Waals surface area contributed by atoms with Gasteiger partial charge in [0, 0.05) is 18.2 Å². The minimum Gasteiger partial charge on any atom is -0.399 e. The summed E-state index contributed by atoms with van der Waals surface area (Å²) in [5.74, 6) is 5.22. The Hall–Kier alpha value is -2.27. The fraction of sp³-hybridized carbons (Fsp3) is 0.0714. The van der Waals surface area contributed by atoms with Crippen LogP contribution in [0.4, 0.5) is 5.69 Å². The zero-order valence-electron chi connectivity index (χ0n) is 8.95. The van der Waals surface area contributed by atoms with E-state index >= 15 is 0 Å². The van der Waals surface area contributed by atoms with Gasteiger partial charge in [0.2, 0.25) is 5.78 Å². The van der Waals surface area contributed by atoms with Gasteiger partial charge in [0.05, 0.1) is 0 Å². The molecule has 2 aromatic carbocycles. The van der Waals surface area contributed by atoms with Gasteiger partial charge in [0.1, 0.15) is 0 Å². The Morgan fingerprint density at radius 2 is 1.81 bits per heavy atom. The van der Waals surface area contributed by atoms with E-state index in [1.807, 2.05) is 36.4 Å². The summed E-state index contributed by atoms with van der Waals surface area (Å²) in [6.07, 6.45) is 0. The molecule has 78 valence electrons. The first-order valence-corrected chi connectivity index (χ1v) is 4.97. The molecule has 0 heterocycles. The number of ketones is 1. The summed E-state index contributed by atoms with van der Waals surface area (Å²) in [5, 5.41) is 2.15. The van der Waals surface area contributed by atoms with Crippen LogP contribution in [-0.4, -0.2) is 5.78 Å². The van der Waals surface area contributed by atoms with Crippen LogP contribution in [0.1, 0.15) is 12.5 Å². The van der Waals surface area contributed by atoms with Crippen LogP contribution in [0.2, 0.25) is 0 Å². The molecule has 0 aliphatic rings. The molecule has 0 unspecified atom stereocenters. The molecule has 0 atom stereocenters. The first kappa shape index (κ1) is 10.3. The van der Waals surface area contributed by atoms with Gasteiger partial charge in [-0.15, -0.1) is 0 Å². The lowest BCUT2D eigenvalue weighted by molar-refractivity contribution is -0.111. The summed E-state index contributed by atoms with van der Waals surface area (Å²) in [4.78, 5) is 10.7. The number of hydrogen-bond donors (Lipinski definition) is 1. The normalized spacial score (nSPS) is 9.56. The minimum atomic E-state index is -0.127. The molecule has 0 amide bonds. The van der Waals surface area contributed by atoms with Gasteiger partial charge in [-0.3, -0.25) is 4.79 Å². The van der Waals surface area contributed by atoms with E-state index in [-0.39, 0.29) is 5.78 Å². The predicted molar refractivity (Wildman–Crippen MR) is 65.9 cm³/mol. The first-order chi connectivity index (χ1) is 7.65. The highest BCUT2D eigenvalue weighted by atomic mass is 16.1. The maximum atomic E-state index is 10.7. The zero-order valence-corrected chi connectivity index (χ0v) is 8.95. The van der Waals surface area contributed by atoms with Crippen molar-refractivity contribution in [2.45, 2.75) is 6.92 Å². The maximum Gasteiger partial charge on any atom is 0.202 e. The lowest BCUT2D eigenvalue weighted by Crippen LogP contribution is -1.85. The van der Waals surface area contributed by atoms with Crippen molar-refractivity contribution in [1.29, 1.82) is 0 Å². The number of nitrogens with two attached hydrogens (primary N) is 1. The van der Waals surface area contributed by atoms with Gasteiger partial charge < -0.3 is 5.73 Å². The van der Waals surface area contributed by atoms with Crippen molar-refractivity contribution in [3.8, 4) is 11.8 Å². The van der Waals surface area contributed by atoms with Crippen LogP contribution >= 0.6 is 0 Å². The van der Waals surface area contributed by atoms with Crippen LogP contribution in [-0.2, 0) is 4.79 Å². The molecule has 0 spiro atoms. The van der Waals surface area contributed by atoms with Crippen LogP contribution in [0.25, 0.3) is 10.8 Å². The number of nitrogen functional groups attached to an aromatic ring is 1. The molecule has 0 aliphatic heterocycles. The molecule has 2 heteroatoms. The molecule has 0 fully saturated rings. The Labute approximate surface area is 94.1 Å². The van der Waals surface area contributed by atoms with Crippen LogP contribution in [0.15, 0.2) is 36.4 Å². The molecule has 0 bridgehead atoms. The quantitative estimate of drug-likeness (QED) is 0.534.